The second-order valence-electron chi connectivity index (χ2n) is 5.53. The Bertz CT molecular complexity index is 602. The maximum atomic E-state index is 6.44. The zero-order valence-corrected chi connectivity index (χ0v) is 13.1. The van der Waals surface area contributed by atoms with Crippen LogP contribution in [0.3, 0.4) is 0 Å². The molecule has 0 saturated carbocycles. The van der Waals surface area contributed by atoms with Gasteiger partial charge in [0.25, 0.3) is 0 Å². The van der Waals surface area contributed by atoms with E-state index in [0.717, 1.165) is 30.2 Å². The lowest BCUT2D eigenvalue weighted by Crippen LogP contribution is -2.33. The minimum Gasteiger partial charge on any atom is -0.329 e. The lowest BCUT2D eigenvalue weighted by atomic mass is 10.2. The first kappa shape index (κ1) is 14.6. The summed E-state index contributed by atoms with van der Waals surface area (Å²) in [6.07, 6.45) is 2.47. The lowest BCUT2D eigenvalue weighted by molar-refractivity contribution is 0.243. The van der Waals surface area contributed by atoms with Crippen molar-refractivity contribution < 1.29 is 0 Å². The van der Waals surface area contributed by atoms with Crippen molar-refractivity contribution in [2.24, 2.45) is 12.8 Å². The summed E-state index contributed by atoms with van der Waals surface area (Å²) in [5.41, 5.74) is 8.13. The standard InChI is InChI=1S/C16H21ClN4/c1-20-14(13(11-18)21-9-5-6-10-21)15(17)19-16(20)12-7-3-2-4-8-12/h2-4,7-8,13H,5-6,9-11,18H2,1H3. The summed E-state index contributed by atoms with van der Waals surface area (Å²) in [5.74, 6) is 0.897. The van der Waals surface area contributed by atoms with Crippen LogP contribution in [0.1, 0.15) is 24.6 Å². The molecule has 2 N–H and O–H groups in total. The summed E-state index contributed by atoms with van der Waals surface area (Å²) < 4.78 is 2.09. The van der Waals surface area contributed by atoms with Gasteiger partial charge in [-0.3, -0.25) is 4.90 Å². The number of benzene rings is 1. The molecule has 0 aliphatic carbocycles. The molecule has 3 rings (SSSR count). The molecule has 0 radical (unpaired) electrons. The first-order valence-electron chi connectivity index (χ1n) is 7.44. The van der Waals surface area contributed by atoms with Crippen LogP contribution in [-0.2, 0) is 7.05 Å². The molecule has 1 unspecified atom stereocenters. The SMILES string of the molecule is Cn1c(-c2ccccc2)nc(Cl)c1C(CN)N1CCCC1. The van der Waals surface area contributed by atoms with E-state index < -0.39 is 0 Å². The normalized spacial score (nSPS) is 17.3. The van der Waals surface area contributed by atoms with Gasteiger partial charge >= 0.3 is 0 Å². The third-order valence-corrected chi connectivity index (χ3v) is 4.52. The van der Waals surface area contributed by atoms with E-state index in [-0.39, 0.29) is 6.04 Å². The fourth-order valence-electron chi connectivity index (χ4n) is 3.17. The molecule has 0 amide bonds. The molecule has 1 aliphatic rings. The fraction of sp³-hybridized carbons (Fsp3) is 0.438. The van der Waals surface area contributed by atoms with E-state index in [4.69, 9.17) is 17.3 Å². The number of halogens is 1. The summed E-state index contributed by atoms with van der Waals surface area (Å²) in [6, 6.07) is 10.3. The highest BCUT2D eigenvalue weighted by molar-refractivity contribution is 6.30. The van der Waals surface area contributed by atoms with Gasteiger partial charge in [0.05, 0.1) is 11.7 Å². The summed E-state index contributed by atoms with van der Waals surface area (Å²) in [6.45, 7) is 2.74. The van der Waals surface area contributed by atoms with Crippen molar-refractivity contribution in [2.75, 3.05) is 19.6 Å². The Hall–Kier alpha value is -1.36. The van der Waals surface area contributed by atoms with Crippen molar-refractivity contribution in [1.82, 2.24) is 14.5 Å². The van der Waals surface area contributed by atoms with Gasteiger partial charge in [0.1, 0.15) is 5.82 Å². The molecule has 1 fully saturated rings. The minimum atomic E-state index is 0.148. The Kier molecular flexibility index (Phi) is 4.29. The molecule has 4 nitrogen and oxygen atoms in total. The first-order valence-corrected chi connectivity index (χ1v) is 7.82. The average molecular weight is 305 g/mol. The Morgan fingerprint density at radius 2 is 1.90 bits per heavy atom. The monoisotopic (exact) mass is 304 g/mol. The molecule has 1 aromatic heterocycles. The van der Waals surface area contributed by atoms with Gasteiger partial charge in [0.15, 0.2) is 5.15 Å². The van der Waals surface area contributed by atoms with E-state index in [2.05, 4.69) is 26.6 Å². The average Bonchev–Trinajstić information content (AvgIpc) is 3.12. The van der Waals surface area contributed by atoms with Crippen LogP contribution < -0.4 is 5.73 Å². The van der Waals surface area contributed by atoms with Gasteiger partial charge in [-0.25, -0.2) is 4.98 Å². The molecule has 1 saturated heterocycles. The Balaban J connectivity index is 2.01. The lowest BCUT2D eigenvalue weighted by Gasteiger charge is -2.27. The van der Waals surface area contributed by atoms with Crippen molar-refractivity contribution in [1.29, 1.82) is 0 Å². The van der Waals surface area contributed by atoms with Gasteiger partial charge in [0.2, 0.25) is 0 Å². The molecule has 2 heterocycles. The fourth-order valence-corrected chi connectivity index (χ4v) is 3.50. The van der Waals surface area contributed by atoms with Gasteiger partial charge in [-0.2, -0.15) is 0 Å². The van der Waals surface area contributed by atoms with Crippen molar-refractivity contribution in [2.45, 2.75) is 18.9 Å². The van der Waals surface area contributed by atoms with Crippen LogP contribution in [0.5, 0.6) is 0 Å². The number of likely N-dealkylation sites (tertiary alicyclic amines) is 1. The largest absolute Gasteiger partial charge is 0.329 e. The number of nitrogens with two attached hydrogens (primary N) is 1. The number of rotatable bonds is 4. The van der Waals surface area contributed by atoms with Gasteiger partial charge in [-0.1, -0.05) is 41.9 Å². The van der Waals surface area contributed by atoms with Gasteiger partial charge in [-0.15, -0.1) is 0 Å². The second kappa shape index (κ2) is 6.18. The Morgan fingerprint density at radius 1 is 1.24 bits per heavy atom. The molecule has 1 aromatic carbocycles. The minimum absolute atomic E-state index is 0.148. The number of aromatic nitrogens is 2. The third-order valence-electron chi connectivity index (χ3n) is 4.25. The van der Waals surface area contributed by atoms with E-state index in [1.54, 1.807) is 0 Å². The highest BCUT2D eigenvalue weighted by Crippen LogP contribution is 2.32. The molecule has 0 bridgehead atoms. The molecular formula is C16H21ClN4. The molecule has 2 aromatic rings. The van der Waals surface area contributed by atoms with E-state index in [9.17, 15) is 0 Å². The van der Waals surface area contributed by atoms with E-state index in [1.165, 1.54) is 12.8 Å². The summed E-state index contributed by atoms with van der Waals surface area (Å²) in [7, 11) is 2.02. The van der Waals surface area contributed by atoms with Gasteiger partial charge < -0.3 is 10.3 Å². The summed E-state index contributed by atoms with van der Waals surface area (Å²) in [4.78, 5) is 6.98. The summed E-state index contributed by atoms with van der Waals surface area (Å²) >= 11 is 6.44. The van der Waals surface area contributed by atoms with Crippen molar-refractivity contribution in [3.8, 4) is 11.4 Å². The second-order valence-corrected chi connectivity index (χ2v) is 5.89. The molecule has 5 heteroatoms. The number of hydrogen-bond donors (Lipinski definition) is 1. The van der Waals surface area contributed by atoms with E-state index in [1.807, 2.05) is 25.2 Å². The van der Waals surface area contributed by atoms with Crippen LogP contribution in [-0.4, -0.2) is 34.1 Å². The zero-order chi connectivity index (χ0) is 14.8. The van der Waals surface area contributed by atoms with Crippen molar-refractivity contribution >= 4 is 11.6 Å². The Morgan fingerprint density at radius 3 is 2.52 bits per heavy atom. The van der Waals surface area contributed by atoms with Crippen LogP contribution >= 0.6 is 11.6 Å². The van der Waals surface area contributed by atoms with Crippen LogP contribution in [0, 0.1) is 0 Å². The summed E-state index contributed by atoms with van der Waals surface area (Å²) in [5, 5.41) is 0.568. The van der Waals surface area contributed by atoms with E-state index >= 15 is 0 Å². The molecule has 0 spiro atoms. The molecule has 1 atom stereocenters. The predicted molar refractivity (Wildman–Crippen MR) is 86.3 cm³/mol. The zero-order valence-electron chi connectivity index (χ0n) is 12.3. The molecule has 1 aliphatic heterocycles. The number of hydrogen-bond acceptors (Lipinski definition) is 3. The van der Waals surface area contributed by atoms with Gasteiger partial charge in [0, 0.05) is 19.2 Å². The van der Waals surface area contributed by atoms with Crippen molar-refractivity contribution in [3.05, 3.63) is 41.2 Å². The smallest absolute Gasteiger partial charge is 0.152 e. The topological polar surface area (TPSA) is 47.1 Å². The number of imidazole rings is 1. The number of nitrogens with zero attached hydrogens (tertiary/aromatic N) is 3. The highest BCUT2D eigenvalue weighted by Gasteiger charge is 2.28. The quantitative estimate of drug-likeness (QED) is 0.945. The van der Waals surface area contributed by atoms with Crippen LogP contribution in [0.2, 0.25) is 5.15 Å². The predicted octanol–water partition coefficient (Wildman–Crippen LogP) is 2.84. The maximum absolute atomic E-state index is 6.44. The molecule has 21 heavy (non-hydrogen) atoms. The van der Waals surface area contributed by atoms with Crippen LogP contribution in [0.15, 0.2) is 30.3 Å². The van der Waals surface area contributed by atoms with Gasteiger partial charge in [-0.05, 0) is 25.9 Å². The van der Waals surface area contributed by atoms with E-state index in [0.29, 0.717) is 11.7 Å². The van der Waals surface area contributed by atoms with Crippen LogP contribution in [0.25, 0.3) is 11.4 Å². The highest BCUT2D eigenvalue weighted by atomic mass is 35.5. The van der Waals surface area contributed by atoms with Crippen LogP contribution in [0.4, 0.5) is 0 Å². The van der Waals surface area contributed by atoms with Crippen molar-refractivity contribution in [3.63, 3.8) is 0 Å². The molecule has 112 valence electrons. The maximum Gasteiger partial charge on any atom is 0.152 e. The first-order chi connectivity index (χ1) is 10.2. The molecular weight excluding hydrogens is 284 g/mol. The Labute approximate surface area is 130 Å². The third kappa shape index (κ3) is 2.71.